The van der Waals surface area contributed by atoms with Gasteiger partial charge in [0, 0.05) is 17.1 Å². The number of nitrogens with one attached hydrogen (secondary N) is 2. The van der Waals surface area contributed by atoms with Crippen LogP contribution in [0.2, 0.25) is 0 Å². The summed E-state index contributed by atoms with van der Waals surface area (Å²) >= 11 is 1.64. The van der Waals surface area contributed by atoms with Crippen molar-refractivity contribution in [3.05, 3.63) is 33.6 Å². The summed E-state index contributed by atoms with van der Waals surface area (Å²) in [5.74, 6) is 1.17. The van der Waals surface area contributed by atoms with Crippen molar-refractivity contribution in [2.75, 3.05) is 0 Å². The number of nitrogens with zero attached hydrogens (tertiary/aromatic N) is 2. The Morgan fingerprint density at radius 2 is 2.36 bits per heavy atom. The van der Waals surface area contributed by atoms with Gasteiger partial charge >= 0.3 is 6.03 Å². The van der Waals surface area contributed by atoms with Crippen LogP contribution in [0.15, 0.2) is 16.8 Å². The number of carbonyl (C=O) groups is 1. The van der Waals surface area contributed by atoms with Gasteiger partial charge in [0.1, 0.15) is 5.01 Å². The minimum absolute atomic E-state index is 0.0135. The third kappa shape index (κ3) is 3.65. The fraction of sp³-hybridized carbons (Fsp3) is 0.533. The summed E-state index contributed by atoms with van der Waals surface area (Å²) in [5, 5.41) is 10.8. The van der Waals surface area contributed by atoms with Crippen LogP contribution in [-0.4, -0.2) is 16.2 Å². The van der Waals surface area contributed by atoms with Crippen LogP contribution in [-0.2, 0) is 13.0 Å². The lowest BCUT2D eigenvalue weighted by Gasteiger charge is -2.16. The summed E-state index contributed by atoms with van der Waals surface area (Å²) in [6, 6.07) is 1.68. The topological polar surface area (TPSA) is 80.0 Å². The molecule has 1 aliphatic rings. The Bertz CT molecular complexity index is 648. The first-order valence-electron chi connectivity index (χ1n) is 7.57. The molecule has 2 amide bonds. The number of aryl methyl sites for hydroxylation is 2. The van der Waals surface area contributed by atoms with E-state index in [4.69, 9.17) is 4.52 Å². The van der Waals surface area contributed by atoms with Gasteiger partial charge in [0.25, 0.3) is 0 Å². The Hall–Kier alpha value is -1.89. The van der Waals surface area contributed by atoms with Gasteiger partial charge in [-0.1, -0.05) is 12.1 Å². The molecule has 2 heterocycles. The van der Waals surface area contributed by atoms with E-state index in [1.165, 1.54) is 0 Å². The second kappa shape index (κ2) is 6.48. The summed E-state index contributed by atoms with van der Waals surface area (Å²) in [5.41, 5.74) is 0.895. The highest BCUT2D eigenvalue weighted by Crippen LogP contribution is 2.41. The molecule has 2 aromatic rings. The molecule has 0 spiro atoms. The molecule has 3 rings (SSSR count). The number of aromatic nitrogens is 2. The number of amides is 2. The van der Waals surface area contributed by atoms with E-state index in [1.54, 1.807) is 11.3 Å². The number of rotatable bonds is 6. The van der Waals surface area contributed by atoms with Gasteiger partial charge in [0.2, 0.25) is 0 Å². The molecule has 0 radical (unpaired) electrons. The molecule has 2 aromatic heterocycles. The molecule has 1 aliphatic carbocycles. The van der Waals surface area contributed by atoms with Crippen LogP contribution < -0.4 is 10.6 Å². The Morgan fingerprint density at radius 1 is 1.55 bits per heavy atom. The van der Waals surface area contributed by atoms with Gasteiger partial charge in [-0.15, -0.1) is 11.3 Å². The molecule has 0 aliphatic heterocycles. The van der Waals surface area contributed by atoms with Gasteiger partial charge in [0.15, 0.2) is 5.76 Å². The molecule has 0 aromatic carbocycles. The Kier molecular flexibility index (Phi) is 4.42. The van der Waals surface area contributed by atoms with Gasteiger partial charge in [-0.2, -0.15) is 0 Å². The minimum atomic E-state index is -0.195. The molecule has 0 saturated heterocycles. The zero-order valence-corrected chi connectivity index (χ0v) is 13.6. The smallest absolute Gasteiger partial charge is 0.315 e. The van der Waals surface area contributed by atoms with Gasteiger partial charge in [-0.3, -0.25) is 0 Å². The second-order valence-corrected chi connectivity index (χ2v) is 6.86. The fourth-order valence-corrected chi connectivity index (χ4v) is 3.21. The first-order valence-corrected chi connectivity index (χ1v) is 8.38. The Balaban J connectivity index is 1.55. The van der Waals surface area contributed by atoms with E-state index in [0.29, 0.717) is 18.2 Å². The largest absolute Gasteiger partial charge is 0.359 e. The average Bonchev–Trinajstić information content (AvgIpc) is 3.09. The maximum absolute atomic E-state index is 12.1. The zero-order valence-electron chi connectivity index (χ0n) is 12.8. The second-order valence-electron chi connectivity index (χ2n) is 5.59. The van der Waals surface area contributed by atoms with Crippen molar-refractivity contribution in [1.29, 1.82) is 0 Å². The molecule has 22 heavy (non-hydrogen) atoms. The van der Waals surface area contributed by atoms with E-state index in [-0.39, 0.29) is 12.1 Å². The van der Waals surface area contributed by atoms with E-state index < -0.39 is 0 Å². The van der Waals surface area contributed by atoms with Crippen LogP contribution in [0.3, 0.4) is 0 Å². The highest BCUT2D eigenvalue weighted by atomic mass is 32.1. The number of carbonyl (C=O) groups excluding carboxylic acids is 1. The lowest BCUT2D eigenvalue weighted by Crippen LogP contribution is -2.38. The molecule has 0 bridgehead atoms. The molecule has 1 atom stereocenters. The van der Waals surface area contributed by atoms with Crippen molar-refractivity contribution < 1.29 is 9.32 Å². The van der Waals surface area contributed by atoms with Crippen molar-refractivity contribution in [3.63, 3.8) is 0 Å². The maximum Gasteiger partial charge on any atom is 0.315 e. The summed E-state index contributed by atoms with van der Waals surface area (Å²) in [6.45, 7) is 4.38. The number of urea groups is 1. The number of thiazole rings is 1. The molecule has 1 saturated carbocycles. The van der Waals surface area contributed by atoms with E-state index in [1.807, 2.05) is 26.1 Å². The predicted octanol–water partition coefficient (Wildman–Crippen LogP) is 2.95. The van der Waals surface area contributed by atoms with Gasteiger partial charge < -0.3 is 15.2 Å². The Morgan fingerprint density at radius 3 is 2.95 bits per heavy atom. The van der Waals surface area contributed by atoms with E-state index in [9.17, 15) is 4.79 Å². The highest BCUT2D eigenvalue weighted by molar-refractivity contribution is 7.11. The van der Waals surface area contributed by atoms with Crippen LogP contribution in [0.4, 0.5) is 4.79 Å². The van der Waals surface area contributed by atoms with Crippen LogP contribution >= 0.6 is 11.3 Å². The van der Waals surface area contributed by atoms with E-state index in [0.717, 1.165) is 34.8 Å². The maximum atomic E-state index is 12.1. The van der Waals surface area contributed by atoms with Crippen LogP contribution in [0.5, 0.6) is 0 Å². The van der Waals surface area contributed by atoms with Crippen molar-refractivity contribution in [3.8, 4) is 0 Å². The molecule has 7 heteroatoms. The van der Waals surface area contributed by atoms with Crippen LogP contribution in [0.1, 0.15) is 47.1 Å². The Labute approximate surface area is 133 Å². The molecular formula is C15H20N4O2S. The SMILES string of the molecule is CCc1cc(CNC(=O)NC(c2ncc(C)s2)C2CC2)on1. The summed E-state index contributed by atoms with van der Waals surface area (Å²) in [6.07, 6.45) is 4.97. The normalized spacial score (nSPS) is 15.5. The third-order valence-corrected chi connectivity index (χ3v) is 4.67. The monoisotopic (exact) mass is 320 g/mol. The quantitative estimate of drug-likeness (QED) is 0.857. The highest BCUT2D eigenvalue weighted by Gasteiger charge is 2.35. The minimum Gasteiger partial charge on any atom is -0.359 e. The molecule has 118 valence electrons. The molecule has 1 fully saturated rings. The zero-order chi connectivity index (χ0) is 15.5. The van der Waals surface area contributed by atoms with E-state index in [2.05, 4.69) is 20.8 Å². The molecule has 1 unspecified atom stereocenters. The van der Waals surface area contributed by atoms with Crippen molar-refractivity contribution >= 4 is 17.4 Å². The van der Waals surface area contributed by atoms with Gasteiger partial charge in [-0.05, 0) is 32.1 Å². The standard InChI is InChI=1S/C15H20N4O2S/c1-3-11-6-12(21-19-11)8-17-15(20)18-13(10-4-5-10)14-16-7-9(2)22-14/h6-7,10,13H,3-5,8H2,1-2H3,(H2,17,18,20). The average molecular weight is 320 g/mol. The lowest BCUT2D eigenvalue weighted by molar-refractivity contribution is 0.233. The number of hydrogen-bond donors (Lipinski definition) is 2. The van der Waals surface area contributed by atoms with Gasteiger partial charge in [-0.25, -0.2) is 9.78 Å². The summed E-state index contributed by atoms with van der Waals surface area (Å²) < 4.78 is 5.16. The predicted molar refractivity (Wildman–Crippen MR) is 83.6 cm³/mol. The molecular weight excluding hydrogens is 300 g/mol. The molecule has 6 nitrogen and oxygen atoms in total. The van der Waals surface area contributed by atoms with Gasteiger partial charge in [0.05, 0.1) is 18.3 Å². The first kappa shape index (κ1) is 15.0. The van der Waals surface area contributed by atoms with Crippen molar-refractivity contribution in [2.45, 2.75) is 45.7 Å². The third-order valence-electron chi connectivity index (χ3n) is 3.68. The van der Waals surface area contributed by atoms with Crippen LogP contribution in [0, 0.1) is 12.8 Å². The summed E-state index contributed by atoms with van der Waals surface area (Å²) in [4.78, 5) is 17.7. The fourth-order valence-electron chi connectivity index (χ4n) is 2.29. The summed E-state index contributed by atoms with van der Waals surface area (Å²) in [7, 11) is 0. The lowest BCUT2D eigenvalue weighted by atomic mass is 10.2. The van der Waals surface area contributed by atoms with Crippen molar-refractivity contribution in [1.82, 2.24) is 20.8 Å². The van der Waals surface area contributed by atoms with E-state index >= 15 is 0 Å². The van der Waals surface area contributed by atoms with Crippen molar-refractivity contribution in [2.24, 2.45) is 5.92 Å². The number of hydrogen-bond acceptors (Lipinski definition) is 5. The first-order chi connectivity index (χ1) is 10.7. The van der Waals surface area contributed by atoms with Crippen LogP contribution in [0.25, 0.3) is 0 Å². The molecule has 2 N–H and O–H groups in total.